The van der Waals surface area contributed by atoms with Crippen molar-refractivity contribution in [1.29, 1.82) is 0 Å². The summed E-state index contributed by atoms with van der Waals surface area (Å²) in [5, 5.41) is 9.62. The average molecular weight is 224 g/mol. The summed E-state index contributed by atoms with van der Waals surface area (Å²) in [6.45, 7) is 0.374. The van der Waals surface area contributed by atoms with Crippen molar-refractivity contribution in [2.24, 2.45) is 0 Å². The van der Waals surface area contributed by atoms with E-state index < -0.39 is 12.1 Å². The number of nitrogens with zero attached hydrogens (tertiary/aromatic N) is 2. The topological polar surface area (TPSA) is 62.7 Å². The minimum absolute atomic E-state index is 0.00588. The summed E-state index contributed by atoms with van der Waals surface area (Å²) in [5.41, 5.74) is 0.943. The number of hydrogen-bond acceptors (Lipinski definition) is 5. The van der Waals surface area contributed by atoms with Gasteiger partial charge in [-0.3, -0.25) is 9.78 Å². The van der Waals surface area contributed by atoms with Gasteiger partial charge < -0.3 is 14.7 Å². The first-order valence-electron chi connectivity index (χ1n) is 4.99. The van der Waals surface area contributed by atoms with E-state index in [4.69, 9.17) is 0 Å². The molecule has 88 valence electrons. The van der Waals surface area contributed by atoms with Gasteiger partial charge in [0.15, 0.2) is 0 Å². The first-order valence-corrected chi connectivity index (χ1v) is 4.99. The molecule has 0 bridgehead atoms. The SMILES string of the molecule is COC(=O)CC(O)CN(C)c1ccncc1. The van der Waals surface area contributed by atoms with Gasteiger partial charge in [0.05, 0.1) is 19.6 Å². The van der Waals surface area contributed by atoms with Crippen LogP contribution in [0.15, 0.2) is 24.5 Å². The lowest BCUT2D eigenvalue weighted by atomic mass is 10.2. The Kier molecular flexibility index (Phi) is 4.72. The molecule has 0 saturated carbocycles. The number of anilines is 1. The summed E-state index contributed by atoms with van der Waals surface area (Å²) in [7, 11) is 3.15. The van der Waals surface area contributed by atoms with Crippen LogP contribution in [0.4, 0.5) is 5.69 Å². The lowest BCUT2D eigenvalue weighted by molar-refractivity contribution is -0.142. The number of aliphatic hydroxyl groups is 1. The molecule has 5 nitrogen and oxygen atoms in total. The molecule has 1 N–H and O–H groups in total. The summed E-state index contributed by atoms with van der Waals surface area (Å²) < 4.78 is 4.48. The number of rotatable bonds is 5. The van der Waals surface area contributed by atoms with Crippen molar-refractivity contribution in [3.8, 4) is 0 Å². The number of pyridine rings is 1. The first kappa shape index (κ1) is 12.4. The molecular weight excluding hydrogens is 208 g/mol. The predicted octanol–water partition coefficient (Wildman–Crippen LogP) is 0.442. The van der Waals surface area contributed by atoms with E-state index in [1.165, 1.54) is 7.11 Å². The highest BCUT2D eigenvalue weighted by molar-refractivity contribution is 5.69. The maximum Gasteiger partial charge on any atom is 0.308 e. The maximum absolute atomic E-state index is 10.9. The van der Waals surface area contributed by atoms with E-state index in [9.17, 15) is 9.90 Å². The lowest BCUT2D eigenvalue weighted by Gasteiger charge is -2.21. The summed E-state index contributed by atoms with van der Waals surface area (Å²) in [5.74, 6) is -0.407. The summed E-state index contributed by atoms with van der Waals surface area (Å²) >= 11 is 0. The Balaban J connectivity index is 2.45. The number of aliphatic hydroxyl groups excluding tert-OH is 1. The van der Waals surface area contributed by atoms with Crippen LogP contribution in [-0.4, -0.2) is 42.9 Å². The van der Waals surface area contributed by atoms with Crippen molar-refractivity contribution in [3.63, 3.8) is 0 Å². The number of hydrogen-bond donors (Lipinski definition) is 1. The van der Waals surface area contributed by atoms with E-state index in [1.54, 1.807) is 12.4 Å². The molecule has 1 aromatic rings. The third-order valence-electron chi connectivity index (χ3n) is 2.22. The Morgan fingerprint density at radius 1 is 1.56 bits per heavy atom. The normalized spacial score (nSPS) is 11.9. The van der Waals surface area contributed by atoms with Crippen molar-refractivity contribution in [1.82, 2.24) is 4.98 Å². The smallest absolute Gasteiger partial charge is 0.308 e. The zero-order chi connectivity index (χ0) is 12.0. The second-order valence-electron chi connectivity index (χ2n) is 3.52. The Labute approximate surface area is 94.7 Å². The van der Waals surface area contributed by atoms with Crippen molar-refractivity contribution in [3.05, 3.63) is 24.5 Å². The maximum atomic E-state index is 10.9. The Morgan fingerprint density at radius 3 is 2.75 bits per heavy atom. The van der Waals surface area contributed by atoms with E-state index in [0.29, 0.717) is 6.54 Å². The number of ether oxygens (including phenoxy) is 1. The minimum atomic E-state index is -0.731. The number of likely N-dealkylation sites (N-methyl/N-ethyl adjacent to an activating group) is 1. The summed E-state index contributed by atoms with van der Waals surface area (Å²) in [6.07, 6.45) is 2.63. The van der Waals surface area contributed by atoms with Gasteiger partial charge in [0.25, 0.3) is 0 Å². The van der Waals surface area contributed by atoms with E-state index in [2.05, 4.69) is 9.72 Å². The number of esters is 1. The minimum Gasteiger partial charge on any atom is -0.469 e. The quantitative estimate of drug-likeness (QED) is 0.735. The molecule has 1 rings (SSSR count). The van der Waals surface area contributed by atoms with Crippen LogP contribution >= 0.6 is 0 Å². The van der Waals surface area contributed by atoms with Crippen LogP contribution in [0.2, 0.25) is 0 Å². The fraction of sp³-hybridized carbons (Fsp3) is 0.455. The van der Waals surface area contributed by atoms with E-state index in [0.717, 1.165) is 5.69 Å². The molecule has 0 radical (unpaired) electrons. The molecule has 1 atom stereocenters. The van der Waals surface area contributed by atoms with Crippen molar-refractivity contribution in [2.75, 3.05) is 25.6 Å². The van der Waals surface area contributed by atoms with Gasteiger partial charge in [0.2, 0.25) is 0 Å². The highest BCUT2D eigenvalue weighted by Crippen LogP contribution is 2.10. The number of carbonyl (C=O) groups is 1. The molecule has 1 aromatic heterocycles. The third kappa shape index (κ3) is 3.86. The van der Waals surface area contributed by atoms with Crippen molar-refractivity contribution < 1.29 is 14.6 Å². The van der Waals surface area contributed by atoms with Crippen LogP contribution in [0.5, 0.6) is 0 Å². The number of aromatic nitrogens is 1. The zero-order valence-corrected chi connectivity index (χ0v) is 9.46. The van der Waals surface area contributed by atoms with Crippen LogP contribution in [0, 0.1) is 0 Å². The van der Waals surface area contributed by atoms with Gasteiger partial charge in [-0.1, -0.05) is 0 Å². The molecule has 0 fully saturated rings. The monoisotopic (exact) mass is 224 g/mol. The zero-order valence-electron chi connectivity index (χ0n) is 9.46. The highest BCUT2D eigenvalue weighted by atomic mass is 16.5. The number of carbonyl (C=O) groups excluding carboxylic acids is 1. The largest absolute Gasteiger partial charge is 0.469 e. The standard InChI is InChI=1S/C11H16N2O3/c1-13(9-3-5-12-6-4-9)8-10(14)7-11(15)16-2/h3-6,10,14H,7-8H2,1-2H3. The van der Waals surface area contributed by atoms with E-state index in [1.807, 2.05) is 24.1 Å². The van der Waals surface area contributed by atoms with Crippen molar-refractivity contribution in [2.45, 2.75) is 12.5 Å². The Hall–Kier alpha value is -1.62. The molecule has 1 unspecified atom stereocenters. The molecule has 16 heavy (non-hydrogen) atoms. The molecule has 0 spiro atoms. The molecule has 0 aromatic carbocycles. The molecule has 0 aliphatic carbocycles. The molecule has 5 heteroatoms. The van der Waals surface area contributed by atoms with Gasteiger partial charge in [-0.15, -0.1) is 0 Å². The van der Waals surface area contributed by atoms with Gasteiger partial charge in [-0.05, 0) is 12.1 Å². The molecule has 0 saturated heterocycles. The van der Waals surface area contributed by atoms with Crippen LogP contribution in [0.25, 0.3) is 0 Å². The summed E-state index contributed by atoms with van der Waals surface area (Å²) in [4.78, 5) is 16.7. The number of methoxy groups -OCH3 is 1. The fourth-order valence-electron chi connectivity index (χ4n) is 1.36. The first-order chi connectivity index (χ1) is 7.63. The van der Waals surface area contributed by atoms with E-state index in [-0.39, 0.29) is 6.42 Å². The van der Waals surface area contributed by atoms with E-state index >= 15 is 0 Å². The van der Waals surface area contributed by atoms with Crippen molar-refractivity contribution >= 4 is 11.7 Å². The Morgan fingerprint density at radius 2 is 2.19 bits per heavy atom. The third-order valence-corrected chi connectivity index (χ3v) is 2.22. The van der Waals surface area contributed by atoms with Crippen LogP contribution in [0.1, 0.15) is 6.42 Å². The van der Waals surface area contributed by atoms with Gasteiger partial charge in [-0.25, -0.2) is 0 Å². The second-order valence-corrected chi connectivity index (χ2v) is 3.52. The fourth-order valence-corrected chi connectivity index (χ4v) is 1.36. The summed E-state index contributed by atoms with van der Waals surface area (Å²) in [6, 6.07) is 3.68. The van der Waals surface area contributed by atoms with Gasteiger partial charge in [0.1, 0.15) is 0 Å². The lowest BCUT2D eigenvalue weighted by Crippen LogP contribution is -2.30. The van der Waals surface area contributed by atoms with Crippen LogP contribution in [0.3, 0.4) is 0 Å². The molecule has 1 heterocycles. The van der Waals surface area contributed by atoms with Crippen LogP contribution in [-0.2, 0) is 9.53 Å². The van der Waals surface area contributed by atoms with Gasteiger partial charge in [-0.2, -0.15) is 0 Å². The van der Waals surface area contributed by atoms with Crippen LogP contribution < -0.4 is 4.90 Å². The molecular formula is C11H16N2O3. The molecule has 0 amide bonds. The van der Waals surface area contributed by atoms with Gasteiger partial charge >= 0.3 is 5.97 Å². The molecule has 0 aliphatic heterocycles. The Bertz CT molecular complexity index is 329. The average Bonchev–Trinajstić information content (AvgIpc) is 2.29. The van der Waals surface area contributed by atoms with Gasteiger partial charge in [0, 0.05) is 31.7 Å². The predicted molar refractivity (Wildman–Crippen MR) is 60.1 cm³/mol. The molecule has 0 aliphatic rings. The highest BCUT2D eigenvalue weighted by Gasteiger charge is 2.13. The second kappa shape index (κ2) is 6.07.